The Morgan fingerprint density at radius 2 is 1.86 bits per heavy atom. The molecule has 1 aliphatic rings. The lowest BCUT2D eigenvalue weighted by Gasteiger charge is -2.20. The number of allylic oxidation sites excluding steroid dienone is 1. The average Bonchev–Trinajstić information content (AvgIpc) is 2.98. The lowest BCUT2D eigenvalue weighted by molar-refractivity contribution is 0.101. The van der Waals surface area contributed by atoms with Gasteiger partial charge < -0.3 is 14.4 Å². The Balaban J connectivity index is 1.83. The van der Waals surface area contributed by atoms with Gasteiger partial charge in [0.15, 0.2) is 5.76 Å². The molecule has 0 saturated heterocycles. The number of carbonyl (C=O) groups excluding carboxylic acids is 1. The quantitative estimate of drug-likeness (QED) is 0.477. The molecule has 0 spiro atoms. The molecule has 1 heterocycles. The summed E-state index contributed by atoms with van der Waals surface area (Å²) in [7, 11) is 0. The first-order chi connectivity index (χ1) is 13.4. The van der Waals surface area contributed by atoms with Gasteiger partial charge in [0, 0.05) is 24.8 Å². The molecule has 2 aromatic rings. The van der Waals surface area contributed by atoms with Gasteiger partial charge in [0.2, 0.25) is 5.78 Å². The van der Waals surface area contributed by atoms with Crippen LogP contribution in [-0.2, 0) is 0 Å². The van der Waals surface area contributed by atoms with Gasteiger partial charge in [-0.3, -0.25) is 4.79 Å². The Kier molecular flexibility index (Phi) is 5.88. The summed E-state index contributed by atoms with van der Waals surface area (Å²) in [5.41, 5.74) is 4.49. The fraction of sp³-hybridized carbons (Fsp3) is 0.292. The Morgan fingerprint density at radius 1 is 1.18 bits per heavy atom. The largest absolute Gasteiger partial charge is 0.489 e. The first kappa shape index (κ1) is 19.7. The second-order valence-electron chi connectivity index (χ2n) is 7.06. The number of fused-ring (bicyclic) bond motifs is 1. The fourth-order valence-corrected chi connectivity index (χ4v) is 3.29. The molecule has 3 rings (SSSR count). The van der Waals surface area contributed by atoms with Gasteiger partial charge in [-0.25, -0.2) is 0 Å². The zero-order valence-electron chi connectivity index (χ0n) is 17.0. The molecule has 2 aromatic carbocycles. The van der Waals surface area contributed by atoms with Crippen LogP contribution in [0.25, 0.3) is 6.08 Å². The molecule has 28 heavy (non-hydrogen) atoms. The van der Waals surface area contributed by atoms with Gasteiger partial charge in [0.1, 0.15) is 18.1 Å². The summed E-state index contributed by atoms with van der Waals surface area (Å²) in [6.45, 7) is 14.3. The molecule has 4 heteroatoms. The van der Waals surface area contributed by atoms with Gasteiger partial charge in [-0.2, -0.15) is 0 Å². The summed E-state index contributed by atoms with van der Waals surface area (Å²) in [5, 5.41) is 0. The van der Waals surface area contributed by atoms with Gasteiger partial charge in [0.05, 0.1) is 5.56 Å². The Morgan fingerprint density at radius 3 is 2.46 bits per heavy atom. The maximum absolute atomic E-state index is 12.8. The number of ether oxygens (including phenoxy) is 2. The summed E-state index contributed by atoms with van der Waals surface area (Å²) in [6.07, 6.45) is 1.79. The van der Waals surface area contributed by atoms with E-state index in [4.69, 9.17) is 9.47 Å². The molecule has 0 aliphatic carbocycles. The molecular weight excluding hydrogens is 350 g/mol. The highest BCUT2D eigenvalue weighted by Crippen LogP contribution is 2.37. The van der Waals surface area contributed by atoms with Crippen LogP contribution in [-0.4, -0.2) is 25.5 Å². The standard InChI is InChI=1S/C24H27NO3/c1-6-25(7-2)19-10-8-18(9-11-19)13-22-24(26)23-17(5)12-20(14-21(23)28-22)27-15-16(3)4/h8-14H,3,6-7,15H2,1-2,4-5H3/b22-13-. The molecule has 146 valence electrons. The highest BCUT2D eigenvalue weighted by atomic mass is 16.5. The third-order valence-corrected chi connectivity index (χ3v) is 4.75. The van der Waals surface area contributed by atoms with E-state index in [1.165, 1.54) is 5.69 Å². The van der Waals surface area contributed by atoms with E-state index in [1.807, 2.05) is 32.0 Å². The van der Waals surface area contributed by atoms with Crippen LogP contribution in [0.2, 0.25) is 0 Å². The van der Waals surface area contributed by atoms with Crippen molar-refractivity contribution >= 4 is 17.5 Å². The van der Waals surface area contributed by atoms with Gasteiger partial charge >= 0.3 is 0 Å². The first-order valence-electron chi connectivity index (χ1n) is 9.64. The van der Waals surface area contributed by atoms with Gasteiger partial charge in [-0.05, 0) is 68.7 Å². The van der Waals surface area contributed by atoms with Crippen molar-refractivity contribution in [1.29, 1.82) is 0 Å². The van der Waals surface area contributed by atoms with E-state index in [9.17, 15) is 4.79 Å². The zero-order valence-corrected chi connectivity index (χ0v) is 17.0. The van der Waals surface area contributed by atoms with Crippen LogP contribution >= 0.6 is 0 Å². The number of hydrogen-bond acceptors (Lipinski definition) is 4. The maximum atomic E-state index is 12.8. The van der Waals surface area contributed by atoms with E-state index in [1.54, 1.807) is 12.1 Å². The zero-order chi connectivity index (χ0) is 20.3. The highest BCUT2D eigenvalue weighted by molar-refractivity contribution is 6.15. The summed E-state index contributed by atoms with van der Waals surface area (Å²) >= 11 is 0. The average molecular weight is 377 g/mol. The summed E-state index contributed by atoms with van der Waals surface area (Å²) in [4.78, 5) is 15.1. The van der Waals surface area contributed by atoms with Crippen molar-refractivity contribution in [2.45, 2.75) is 27.7 Å². The van der Waals surface area contributed by atoms with Gasteiger partial charge in [0.25, 0.3) is 0 Å². The van der Waals surface area contributed by atoms with Gasteiger partial charge in [-0.15, -0.1) is 0 Å². The van der Waals surface area contributed by atoms with Crippen LogP contribution < -0.4 is 14.4 Å². The Labute approximate surface area is 167 Å². The number of anilines is 1. The maximum Gasteiger partial charge on any atom is 0.232 e. The topological polar surface area (TPSA) is 38.8 Å². The van der Waals surface area contributed by atoms with Crippen molar-refractivity contribution in [3.05, 3.63) is 71.0 Å². The van der Waals surface area contributed by atoms with Crippen LogP contribution in [0, 0.1) is 6.92 Å². The molecule has 0 bridgehead atoms. The summed E-state index contributed by atoms with van der Waals surface area (Å²) in [6, 6.07) is 11.8. The number of aryl methyl sites for hydroxylation is 1. The number of nitrogens with zero attached hydrogens (tertiary/aromatic N) is 1. The summed E-state index contributed by atoms with van der Waals surface area (Å²) < 4.78 is 11.6. The predicted molar refractivity (Wildman–Crippen MR) is 114 cm³/mol. The molecule has 0 aromatic heterocycles. The molecular formula is C24H27NO3. The van der Waals surface area contributed by atoms with E-state index in [0.29, 0.717) is 29.4 Å². The molecule has 0 N–H and O–H groups in total. The minimum atomic E-state index is -0.0910. The number of ketones is 1. The fourth-order valence-electron chi connectivity index (χ4n) is 3.29. The molecule has 0 saturated carbocycles. The van der Waals surface area contributed by atoms with Crippen molar-refractivity contribution in [2.75, 3.05) is 24.6 Å². The van der Waals surface area contributed by atoms with E-state index < -0.39 is 0 Å². The number of Topliss-reactive ketones (excluding diaryl/α,β-unsaturated/α-hetero) is 1. The van der Waals surface area contributed by atoms with Crippen LogP contribution in [0.3, 0.4) is 0 Å². The predicted octanol–water partition coefficient (Wildman–Crippen LogP) is 5.41. The van der Waals surface area contributed by atoms with Crippen LogP contribution in [0.5, 0.6) is 11.5 Å². The minimum absolute atomic E-state index is 0.0910. The summed E-state index contributed by atoms with van der Waals surface area (Å²) in [5.74, 6) is 1.47. The van der Waals surface area contributed by atoms with E-state index >= 15 is 0 Å². The monoisotopic (exact) mass is 377 g/mol. The third-order valence-electron chi connectivity index (χ3n) is 4.75. The highest BCUT2D eigenvalue weighted by Gasteiger charge is 2.30. The van der Waals surface area contributed by atoms with Crippen LogP contribution in [0.15, 0.2) is 54.3 Å². The van der Waals surface area contributed by atoms with Crippen LogP contribution in [0.1, 0.15) is 42.3 Å². The molecule has 0 radical (unpaired) electrons. The second-order valence-corrected chi connectivity index (χ2v) is 7.06. The van der Waals surface area contributed by atoms with Crippen LogP contribution in [0.4, 0.5) is 5.69 Å². The number of hydrogen-bond donors (Lipinski definition) is 0. The van der Waals surface area contributed by atoms with Crippen molar-refractivity contribution in [3.8, 4) is 11.5 Å². The smallest absolute Gasteiger partial charge is 0.232 e. The first-order valence-corrected chi connectivity index (χ1v) is 9.64. The second kappa shape index (κ2) is 8.34. The molecule has 0 amide bonds. The van der Waals surface area contributed by atoms with Crippen molar-refractivity contribution in [2.24, 2.45) is 0 Å². The minimum Gasteiger partial charge on any atom is -0.489 e. The molecule has 0 fully saturated rings. The van der Waals surface area contributed by atoms with E-state index in [-0.39, 0.29) is 5.78 Å². The van der Waals surface area contributed by atoms with Crippen molar-refractivity contribution in [1.82, 2.24) is 0 Å². The van der Waals surface area contributed by atoms with Gasteiger partial charge in [-0.1, -0.05) is 18.7 Å². The number of carbonyl (C=O) groups is 1. The molecule has 0 unspecified atom stereocenters. The van der Waals surface area contributed by atoms with Crippen molar-refractivity contribution < 1.29 is 14.3 Å². The van der Waals surface area contributed by atoms with E-state index in [0.717, 1.165) is 29.8 Å². The van der Waals surface area contributed by atoms with Crippen molar-refractivity contribution in [3.63, 3.8) is 0 Å². The lowest BCUT2D eigenvalue weighted by atomic mass is 10.0. The third kappa shape index (κ3) is 4.11. The number of benzene rings is 2. The normalized spacial score (nSPS) is 14.0. The molecule has 1 aliphatic heterocycles. The number of rotatable bonds is 7. The Bertz CT molecular complexity index is 922. The lowest BCUT2D eigenvalue weighted by Crippen LogP contribution is -2.21. The SMILES string of the molecule is C=C(C)COc1cc(C)c2c(c1)O/C(=C\c1ccc(N(CC)CC)cc1)C2=O. The van der Waals surface area contributed by atoms with E-state index in [2.05, 4.69) is 37.5 Å². The molecule has 4 nitrogen and oxygen atoms in total. The molecule has 0 atom stereocenters. The Hall–Kier alpha value is -3.01.